The molecule has 2 heterocycles. The zero-order valence-corrected chi connectivity index (χ0v) is 14.5. The molecule has 1 aliphatic heterocycles. The molecule has 3 rings (SSSR count). The average Bonchev–Trinajstić information content (AvgIpc) is 3.12. The molecule has 0 unspecified atom stereocenters. The smallest absolute Gasteiger partial charge is 0.319 e. The van der Waals surface area contributed by atoms with Crippen molar-refractivity contribution >= 4 is 11.7 Å². The quantitative estimate of drug-likeness (QED) is 0.871. The number of carbonyl (C=O) groups excluding carboxylic acids is 1. The van der Waals surface area contributed by atoms with E-state index in [0.717, 1.165) is 18.8 Å². The second-order valence-corrected chi connectivity index (χ2v) is 6.30. The number of aryl methyl sites for hydroxylation is 2. The molecule has 0 saturated carbocycles. The van der Waals surface area contributed by atoms with E-state index >= 15 is 0 Å². The zero-order valence-electron chi connectivity index (χ0n) is 14.5. The van der Waals surface area contributed by atoms with Crippen LogP contribution in [0.5, 0.6) is 11.6 Å². The number of nitrogens with one attached hydrogen (secondary N) is 2. The highest BCUT2D eigenvalue weighted by molar-refractivity contribution is 5.89. The summed E-state index contributed by atoms with van der Waals surface area (Å²) in [7, 11) is 0. The predicted octanol–water partition coefficient (Wildman–Crippen LogP) is 3.65. The lowest BCUT2D eigenvalue weighted by Crippen LogP contribution is -2.33. The number of rotatable bonds is 5. The third kappa shape index (κ3) is 4.93. The number of hydrogen-bond donors (Lipinski definition) is 2. The number of pyridine rings is 1. The van der Waals surface area contributed by atoms with Crippen molar-refractivity contribution in [2.45, 2.75) is 20.3 Å². The highest BCUT2D eigenvalue weighted by Crippen LogP contribution is 2.23. The van der Waals surface area contributed by atoms with Crippen molar-refractivity contribution in [2.24, 2.45) is 5.92 Å². The van der Waals surface area contributed by atoms with Gasteiger partial charge in [-0.15, -0.1) is 0 Å². The summed E-state index contributed by atoms with van der Waals surface area (Å²) >= 11 is 0. The maximum atomic E-state index is 11.9. The third-order valence-corrected chi connectivity index (χ3v) is 4.27. The van der Waals surface area contributed by atoms with Gasteiger partial charge in [-0.1, -0.05) is 6.07 Å². The SMILES string of the molecule is Cc1ccc(Oc2ccc(NC(=O)NC[C@@H]3CCOC3)cn2)cc1C. The lowest BCUT2D eigenvalue weighted by atomic mass is 10.1. The highest BCUT2D eigenvalue weighted by Gasteiger charge is 2.16. The normalized spacial score (nSPS) is 16.5. The Morgan fingerprint density at radius 1 is 1.28 bits per heavy atom. The van der Waals surface area contributed by atoms with Crippen molar-refractivity contribution < 1.29 is 14.3 Å². The Labute approximate surface area is 147 Å². The first-order chi connectivity index (χ1) is 12.1. The number of amides is 2. The summed E-state index contributed by atoms with van der Waals surface area (Å²) in [4.78, 5) is 16.1. The molecule has 6 heteroatoms. The highest BCUT2D eigenvalue weighted by atomic mass is 16.5. The molecule has 2 amide bonds. The number of anilines is 1. The number of urea groups is 1. The fourth-order valence-corrected chi connectivity index (χ4v) is 2.57. The zero-order chi connectivity index (χ0) is 17.6. The average molecular weight is 341 g/mol. The Kier molecular flexibility index (Phi) is 5.50. The first kappa shape index (κ1) is 17.2. The molecule has 1 saturated heterocycles. The maximum Gasteiger partial charge on any atom is 0.319 e. The van der Waals surface area contributed by atoms with Crippen LogP contribution in [0.3, 0.4) is 0 Å². The van der Waals surface area contributed by atoms with Gasteiger partial charge >= 0.3 is 6.03 Å². The van der Waals surface area contributed by atoms with Crippen LogP contribution in [-0.2, 0) is 4.74 Å². The van der Waals surface area contributed by atoms with E-state index in [9.17, 15) is 4.79 Å². The molecule has 2 N–H and O–H groups in total. The summed E-state index contributed by atoms with van der Waals surface area (Å²) < 4.78 is 11.0. The van der Waals surface area contributed by atoms with Gasteiger partial charge in [-0.3, -0.25) is 0 Å². The molecule has 1 atom stereocenters. The topological polar surface area (TPSA) is 72.5 Å². The number of nitrogens with zero attached hydrogens (tertiary/aromatic N) is 1. The van der Waals surface area contributed by atoms with Gasteiger partial charge in [0.25, 0.3) is 0 Å². The molecular weight excluding hydrogens is 318 g/mol. The van der Waals surface area contributed by atoms with E-state index in [1.54, 1.807) is 18.3 Å². The fourth-order valence-electron chi connectivity index (χ4n) is 2.57. The van der Waals surface area contributed by atoms with Crippen LogP contribution in [-0.4, -0.2) is 30.8 Å². The van der Waals surface area contributed by atoms with E-state index in [-0.39, 0.29) is 6.03 Å². The molecule has 6 nitrogen and oxygen atoms in total. The predicted molar refractivity (Wildman–Crippen MR) is 96.2 cm³/mol. The van der Waals surface area contributed by atoms with E-state index in [1.807, 2.05) is 25.1 Å². The largest absolute Gasteiger partial charge is 0.439 e. The molecule has 2 aromatic rings. The van der Waals surface area contributed by atoms with Gasteiger partial charge < -0.3 is 20.1 Å². The molecule has 0 aliphatic carbocycles. The Morgan fingerprint density at radius 2 is 2.16 bits per heavy atom. The van der Waals surface area contributed by atoms with E-state index in [4.69, 9.17) is 9.47 Å². The van der Waals surface area contributed by atoms with Crippen molar-refractivity contribution in [3.8, 4) is 11.6 Å². The standard InChI is InChI=1S/C19H23N3O3/c1-13-3-5-17(9-14(13)2)25-18-6-4-16(11-20-18)22-19(23)21-10-15-7-8-24-12-15/h3-6,9,11,15H,7-8,10,12H2,1-2H3,(H2,21,22,23)/t15-/m0/s1. The third-order valence-electron chi connectivity index (χ3n) is 4.27. The van der Waals surface area contributed by atoms with Crippen LogP contribution in [0.25, 0.3) is 0 Å². The summed E-state index contributed by atoms with van der Waals surface area (Å²) in [5.74, 6) is 1.63. The van der Waals surface area contributed by atoms with Crippen LogP contribution in [0.2, 0.25) is 0 Å². The minimum Gasteiger partial charge on any atom is -0.439 e. The number of ether oxygens (including phenoxy) is 2. The molecule has 25 heavy (non-hydrogen) atoms. The van der Waals surface area contributed by atoms with Crippen LogP contribution < -0.4 is 15.4 Å². The van der Waals surface area contributed by atoms with E-state index < -0.39 is 0 Å². The second-order valence-electron chi connectivity index (χ2n) is 6.30. The molecular formula is C19H23N3O3. The minimum absolute atomic E-state index is 0.239. The number of aromatic nitrogens is 1. The van der Waals surface area contributed by atoms with Crippen LogP contribution in [0.1, 0.15) is 17.5 Å². The molecule has 1 aromatic carbocycles. The number of carbonyl (C=O) groups is 1. The molecule has 1 fully saturated rings. The van der Waals surface area contributed by atoms with Gasteiger partial charge in [0.2, 0.25) is 5.88 Å². The first-order valence-electron chi connectivity index (χ1n) is 8.44. The molecule has 0 bridgehead atoms. The summed E-state index contributed by atoms with van der Waals surface area (Å²) in [6.45, 7) is 6.21. The van der Waals surface area contributed by atoms with Crippen molar-refractivity contribution in [2.75, 3.05) is 25.1 Å². The molecule has 0 radical (unpaired) electrons. The summed E-state index contributed by atoms with van der Waals surface area (Å²) in [5.41, 5.74) is 3.00. The Hall–Kier alpha value is -2.60. The lowest BCUT2D eigenvalue weighted by Gasteiger charge is -2.11. The minimum atomic E-state index is -0.239. The molecule has 1 aromatic heterocycles. The summed E-state index contributed by atoms with van der Waals surface area (Å²) in [6, 6.07) is 9.16. The van der Waals surface area contributed by atoms with Gasteiger partial charge in [0.15, 0.2) is 0 Å². The van der Waals surface area contributed by atoms with Crippen LogP contribution in [0, 0.1) is 19.8 Å². The Bertz CT molecular complexity index is 725. The Balaban J connectivity index is 1.50. The monoisotopic (exact) mass is 341 g/mol. The summed E-state index contributed by atoms with van der Waals surface area (Å²) in [6.07, 6.45) is 2.57. The molecule has 0 spiro atoms. The molecule has 132 valence electrons. The fraction of sp³-hybridized carbons (Fsp3) is 0.368. The van der Waals surface area contributed by atoms with Gasteiger partial charge in [-0.05, 0) is 49.6 Å². The van der Waals surface area contributed by atoms with Crippen molar-refractivity contribution in [3.63, 3.8) is 0 Å². The van der Waals surface area contributed by atoms with Crippen molar-refractivity contribution in [1.82, 2.24) is 10.3 Å². The van der Waals surface area contributed by atoms with Crippen LogP contribution in [0.15, 0.2) is 36.5 Å². The number of hydrogen-bond acceptors (Lipinski definition) is 4. The maximum absolute atomic E-state index is 11.9. The summed E-state index contributed by atoms with van der Waals surface area (Å²) in [5, 5.41) is 5.61. The van der Waals surface area contributed by atoms with Gasteiger partial charge in [-0.25, -0.2) is 9.78 Å². The van der Waals surface area contributed by atoms with Gasteiger partial charge in [-0.2, -0.15) is 0 Å². The lowest BCUT2D eigenvalue weighted by molar-refractivity contribution is 0.185. The van der Waals surface area contributed by atoms with Gasteiger partial charge in [0.1, 0.15) is 5.75 Å². The van der Waals surface area contributed by atoms with E-state index in [0.29, 0.717) is 30.6 Å². The van der Waals surface area contributed by atoms with Crippen molar-refractivity contribution in [3.05, 3.63) is 47.7 Å². The van der Waals surface area contributed by atoms with Crippen molar-refractivity contribution in [1.29, 1.82) is 0 Å². The van der Waals surface area contributed by atoms with Crippen LogP contribution >= 0.6 is 0 Å². The first-order valence-corrected chi connectivity index (χ1v) is 8.44. The Morgan fingerprint density at radius 3 is 2.84 bits per heavy atom. The van der Waals surface area contributed by atoms with Gasteiger partial charge in [0.05, 0.1) is 18.5 Å². The van der Waals surface area contributed by atoms with E-state index in [1.165, 1.54) is 11.1 Å². The second kappa shape index (κ2) is 7.98. The van der Waals surface area contributed by atoms with E-state index in [2.05, 4.69) is 22.5 Å². The number of benzene rings is 1. The van der Waals surface area contributed by atoms with Gasteiger partial charge in [0, 0.05) is 25.1 Å². The van der Waals surface area contributed by atoms with Crippen LogP contribution in [0.4, 0.5) is 10.5 Å². The molecule has 1 aliphatic rings.